The number of amides is 2. The van der Waals surface area contributed by atoms with Crippen molar-refractivity contribution in [2.45, 2.75) is 116 Å². The molecular formula is C25H46N2O2. The van der Waals surface area contributed by atoms with Gasteiger partial charge in [0, 0.05) is 25.4 Å². The number of hydrogen-bond acceptors (Lipinski definition) is 2. The molecule has 2 N–H and O–H groups in total. The standard InChI is InChI=1S/C25H46N2O2/c1-4-6-8-10-12-14-16-18-20-24(28)26-22-23(3)27-25(29)21-19-17-15-13-11-9-7-5-2/h4-5,23H,1-2,6-22H2,3H3,(H,26,28)(H,27,29). The number of rotatable bonds is 21. The van der Waals surface area contributed by atoms with E-state index in [9.17, 15) is 9.59 Å². The summed E-state index contributed by atoms with van der Waals surface area (Å²) < 4.78 is 0. The lowest BCUT2D eigenvalue weighted by Gasteiger charge is -2.15. The van der Waals surface area contributed by atoms with Crippen LogP contribution < -0.4 is 10.6 Å². The van der Waals surface area contributed by atoms with E-state index in [1.807, 2.05) is 19.1 Å². The molecule has 4 nitrogen and oxygen atoms in total. The van der Waals surface area contributed by atoms with Gasteiger partial charge in [0.15, 0.2) is 0 Å². The van der Waals surface area contributed by atoms with Gasteiger partial charge in [-0.15, -0.1) is 13.2 Å². The largest absolute Gasteiger partial charge is 0.354 e. The number of nitrogens with one attached hydrogen (secondary N) is 2. The Bertz CT molecular complexity index is 435. The van der Waals surface area contributed by atoms with Gasteiger partial charge in [0.1, 0.15) is 0 Å². The van der Waals surface area contributed by atoms with E-state index < -0.39 is 0 Å². The van der Waals surface area contributed by atoms with Gasteiger partial charge in [-0.25, -0.2) is 0 Å². The fraction of sp³-hybridized carbons (Fsp3) is 0.760. The van der Waals surface area contributed by atoms with Crippen molar-refractivity contribution in [3.05, 3.63) is 25.3 Å². The molecule has 0 aromatic heterocycles. The zero-order valence-corrected chi connectivity index (χ0v) is 19.0. The average molecular weight is 407 g/mol. The molecule has 29 heavy (non-hydrogen) atoms. The average Bonchev–Trinajstić information content (AvgIpc) is 2.70. The molecule has 2 amide bonds. The van der Waals surface area contributed by atoms with Crippen molar-refractivity contribution < 1.29 is 9.59 Å². The summed E-state index contributed by atoms with van der Waals surface area (Å²) in [5.74, 6) is 0.184. The lowest BCUT2D eigenvalue weighted by Crippen LogP contribution is -2.41. The molecule has 1 atom stereocenters. The van der Waals surface area contributed by atoms with Crippen molar-refractivity contribution in [3.8, 4) is 0 Å². The lowest BCUT2D eigenvalue weighted by molar-refractivity contribution is -0.123. The summed E-state index contributed by atoms with van der Waals surface area (Å²) in [5.41, 5.74) is 0. The van der Waals surface area contributed by atoms with E-state index in [0.29, 0.717) is 19.4 Å². The van der Waals surface area contributed by atoms with Crippen LogP contribution in [0.15, 0.2) is 25.3 Å². The smallest absolute Gasteiger partial charge is 0.220 e. The topological polar surface area (TPSA) is 58.2 Å². The molecule has 0 spiro atoms. The Kier molecular flexibility index (Phi) is 20.0. The highest BCUT2D eigenvalue weighted by Gasteiger charge is 2.09. The summed E-state index contributed by atoms with van der Waals surface area (Å²) in [6, 6.07) is -0.0183. The molecule has 0 saturated heterocycles. The third-order valence-electron chi connectivity index (χ3n) is 5.14. The maximum atomic E-state index is 12.0. The van der Waals surface area contributed by atoms with Crippen LogP contribution in [0.4, 0.5) is 0 Å². The molecule has 4 heteroatoms. The molecular weight excluding hydrogens is 360 g/mol. The van der Waals surface area contributed by atoms with Crippen LogP contribution in [0, 0.1) is 0 Å². The fourth-order valence-corrected chi connectivity index (χ4v) is 3.32. The molecule has 0 fully saturated rings. The van der Waals surface area contributed by atoms with Crippen LogP contribution in [-0.4, -0.2) is 24.4 Å². The van der Waals surface area contributed by atoms with Gasteiger partial charge in [-0.3, -0.25) is 9.59 Å². The molecule has 0 aliphatic rings. The zero-order valence-electron chi connectivity index (χ0n) is 19.0. The number of carbonyl (C=O) groups excluding carboxylic acids is 2. The highest BCUT2D eigenvalue weighted by atomic mass is 16.2. The van der Waals surface area contributed by atoms with Crippen LogP contribution in [0.25, 0.3) is 0 Å². The van der Waals surface area contributed by atoms with Crippen LogP contribution in [0.5, 0.6) is 0 Å². The van der Waals surface area contributed by atoms with Crippen molar-refractivity contribution in [3.63, 3.8) is 0 Å². The van der Waals surface area contributed by atoms with Gasteiger partial charge in [0.25, 0.3) is 0 Å². The molecule has 0 bridgehead atoms. The van der Waals surface area contributed by atoms with Crippen molar-refractivity contribution >= 4 is 11.8 Å². The quantitative estimate of drug-likeness (QED) is 0.176. The zero-order chi connectivity index (χ0) is 21.6. The SMILES string of the molecule is C=CCCCCCCCCC(=O)NCC(C)NC(=O)CCCCCCCCC=C. The third-order valence-corrected chi connectivity index (χ3v) is 5.14. The number of carbonyl (C=O) groups is 2. The Labute approximate surface area is 180 Å². The maximum absolute atomic E-state index is 12.0. The van der Waals surface area contributed by atoms with Gasteiger partial charge in [0.2, 0.25) is 11.8 Å². The second kappa shape index (κ2) is 21.1. The highest BCUT2D eigenvalue weighted by Crippen LogP contribution is 2.09. The minimum Gasteiger partial charge on any atom is -0.354 e. The van der Waals surface area contributed by atoms with Gasteiger partial charge < -0.3 is 10.6 Å². The molecule has 0 saturated carbocycles. The molecule has 0 aliphatic carbocycles. The summed E-state index contributed by atoms with van der Waals surface area (Å²) >= 11 is 0. The molecule has 0 heterocycles. The summed E-state index contributed by atoms with van der Waals surface area (Å²) in [4.78, 5) is 23.9. The van der Waals surface area contributed by atoms with Crippen LogP contribution in [-0.2, 0) is 9.59 Å². The van der Waals surface area contributed by atoms with Gasteiger partial charge in [-0.2, -0.15) is 0 Å². The molecule has 0 aromatic carbocycles. The van der Waals surface area contributed by atoms with Crippen LogP contribution in [0.2, 0.25) is 0 Å². The molecule has 1 unspecified atom stereocenters. The summed E-state index contributed by atoms with van der Waals surface area (Å²) in [7, 11) is 0. The summed E-state index contributed by atoms with van der Waals surface area (Å²) in [6.07, 6.45) is 21.3. The van der Waals surface area contributed by atoms with E-state index in [1.165, 1.54) is 51.4 Å². The first-order chi connectivity index (χ1) is 14.1. The van der Waals surface area contributed by atoms with Crippen molar-refractivity contribution in [2.75, 3.05) is 6.54 Å². The number of allylic oxidation sites excluding steroid dienone is 2. The van der Waals surface area contributed by atoms with Crippen LogP contribution in [0.3, 0.4) is 0 Å². The fourth-order valence-electron chi connectivity index (χ4n) is 3.32. The highest BCUT2D eigenvalue weighted by molar-refractivity contribution is 5.77. The second-order valence-electron chi connectivity index (χ2n) is 8.17. The second-order valence-corrected chi connectivity index (χ2v) is 8.17. The predicted octanol–water partition coefficient (Wildman–Crippen LogP) is 6.22. The molecule has 0 rings (SSSR count). The van der Waals surface area contributed by atoms with E-state index in [4.69, 9.17) is 0 Å². The Balaban J connectivity index is 3.50. The van der Waals surface area contributed by atoms with Crippen LogP contribution in [0.1, 0.15) is 110 Å². The molecule has 0 aromatic rings. The van der Waals surface area contributed by atoms with Crippen molar-refractivity contribution in [1.82, 2.24) is 10.6 Å². The monoisotopic (exact) mass is 406 g/mol. The van der Waals surface area contributed by atoms with Gasteiger partial charge in [0.05, 0.1) is 0 Å². The Morgan fingerprint density at radius 2 is 1.10 bits per heavy atom. The van der Waals surface area contributed by atoms with Crippen LogP contribution >= 0.6 is 0 Å². The maximum Gasteiger partial charge on any atom is 0.220 e. The third kappa shape index (κ3) is 21.0. The Morgan fingerprint density at radius 3 is 1.59 bits per heavy atom. The number of unbranched alkanes of at least 4 members (excludes halogenated alkanes) is 12. The molecule has 0 radical (unpaired) electrons. The van der Waals surface area contributed by atoms with Crippen molar-refractivity contribution in [2.24, 2.45) is 0 Å². The van der Waals surface area contributed by atoms with E-state index in [0.717, 1.165) is 38.5 Å². The summed E-state index contributed by atoms with van der Waals surface area (Å²) in [5, 5.41) is 5.92. The first-order valence-electron chi connectivity index (χ1n) is 11.9. The van der Waals surface area contributed by atoms with Gasteiger partial charge >= 0.3 is 0 Å². The van der Waals surface area contributed by atoms with E-state index in [1.54, 1.807) is 0 Å². The first kappa shape index (κ1) is 27.4. The normalized spacial score (nSPS) is 11.6. The van der Waals surface area contributed by atoms with E-state index >= 15 is 0 Å². The molecule has 0 aliphatic heterocycles. The lowest BCUT2D eigenvalue weighted by atomic mass is 10.1. The van der Waals surface area contributed by atoms with E-state index in [2.05, 4.69) is 23.8 Å². The minimum atomic E-state index is -0.0183. The van der Waals surface area contributed by atoms with Gasteiger partial charge in [-0.1, -0.05) is 63.5 Å². The van der Waals surface area contributed by atoms with Gasteiger partial charge in [-0.05, 0) is 45.4 Å². The first-order valence-corrected chi connectivity index (χ1v) is 11.9. The Hall–Kier alpha value is -1.58. The Morgan fingerprint density at radius 1 is 0.690 bits per heavy atom. The van der Waals surface area contributed by atoms with Crippen molar-refractivity contribution in [1.29, 1.82) is 0 Å². The van der Waals surface area contributed by atoms with E-state index in [-0.39, 0.29) is 17.9 Å². The minimum absolute atomic E-state index is 0.0183. The predicted molar refractivity (Wildman–Crippen MR) is 125 cm³/mol. The molecule has 168 valence electrons. The number of hydrogen-bond donors (Lipinski definition) is 2. The summed E-state index contributed by atoms with van der Waals surface area (Å²) in [6.45, 7) is 9.92.